The maximum atomic E-state index is 11.6. The van der Waals surface area contributed by atoms with Crippen LogP contribution in [0.15, 0.2) is 24.4 Å². The molecular weight excluding hydrogens is 268 g/mol. The van der Waals surface area contributed by atoms with E-state index in [2.05, 4.69) is 22.4 Å². The van der Waals surface area contributed by atoms with Crippen molar-refractivity contribution in [2.75, 3.05) is 12.4 Å². The van der Waals surface area contributed by atoms with Crippen LogP contribution in [-0.2, 0) is 24.8 Å². The van der Waals surface area contributed by atoms with Crippen LogP contribution in [-0.4, -0.2) is 28.1 Å². The van der Waals surface area contributed by atoms with E-state index in [9.17, 15) is 4.79 Å². The zero-order valence-corrected chi connectivity index (χ0v) is 12.6. The Labute approximate surface area is 124 Å². The van der Waals surface area contributed by atoms with Crippen LogP contribution in [0.3, 0.4) is 0 Å². The number of methoxy groups -OCH3 is 1. The predicted molar refractivity (Wildman–Crippen MR) is 80.1 cm³/mol. The first kappa shape index (κ1) is 15.0. The minimum Gasteiger partial charge on any atom is -0.465 e. The van der Waals surface area contributed by atoms with Gasteiger partial charge in [0.2, 0.25) is 0 Å². The molecule has 0 aliphatic rings. The molecule has 1 heterocycles. The highest BCUT2D eigenvalue weighted by Gasteiger charge is 2.10. The summed E-state index contributed by atoms with van der Waals surface area (Å²) in [6, 6.07) is 5.59. The number of aryl methyl sites for hydroxylation is 2. The number of carbonyl (C=O) groups is 1. The number of hydrogen-bond acceptors (Lipinski definition) is 5. The summed E-state index contributed by atoms with van der Waals surface area (Å²) in [7, 11) is 3.17. The summed E-state index contributed by atoms with van der Waals surface area (Å²) in [5, 5.41) is 11.6. The third-order valence-corrected chi connectivity index (χ3v) is 3.16. The summed E-state index contributed by atoms with van der Waals surface area (Å²) in [4.78, 5) is 13.2. The summed E-state index contributed by atoms with van der Waals surface area (Å²) >= 11 is 0. The van der Waals surface area contributed by atoms with Crippen molar-refractivity contribution in [1.82, 2.24) is 15.0 Å². The number of esters is 1. The highest BCUT2D eigenvalue weighted by atomic mass is 16.5. The molecule has 0 spiro atoms. The number of rotatable bonds is 6. The summed E-state index contributed by atoms with van der Waals surface area (Å²) in [6.07, 6.45) is 3.71. The van der Waals surface area contributed by atoms with Crippen molar-refractivity contribution in [2.45, 2.75) is 26.3 Å². The van der Waals surface area contributed by atoms with Gasteiger partial charge in [-0.15, -0.1) is 0 Å². The van der Waals surface area contributed by atoms with Crippen LogP contribution in [0.25, 0.3) is 0 Å². The van der Waals surface area contributed by atoms with E-state index in [1.165, 1.54) is 17.5 Å². The van der Waals surface area contributed by atoms with Crippen LogP contribution in [0.4, 0.5) is 5.69 Å². The summed E-state index contributed by atoms with van der Waals surface area (Å²) in [5.41, 5.74) is 3.50. The average molecular weight is 288 g/mol. The van der Waals surface area contributed by atoms with Crippen LogP contribution in [0.1, 0.15) is 35.0 Å². The highest BCUT2D eigenvalue weighted by molar-refractivity contribution is 5.90. The number of aromatic nitrogens is 3. The van der Waals surface area contributed by atoms with E-state index >= 15 is 0 Å². The monoisotopic (exact) mass is 288 g/mol. The zero-order valence-electron chi connectivity index (χ0n) is 12.6. The molecule has 6 heteroatoms. The molecule has 0 saturated heterocycles. The van der Waals surface area contributed by atoms with E-state index in [-0.39, 0.29) is 5.97 Å². The number of anilines is 1. The normalized spacial score (nSPS) is 10.4. The van der Waals surface area contributed by atoms with Gasteiger partial charge in [0.25, 0.3) is 0 Å². The lowest BCUT2D eigenvalue weighted by Crippen LogP contribution is -2.07. The standard InChI is InChI=1S/C15H20N4O2/c1-4-5-11-6-7-12(15(20)21-3)8-14(11)16-9-13-10-17-19(2)18-13/h6-8,10,16H,4-5,9H2,1-3H3. The Hall–Kier alpha value is -2.37. The predicted octanol–water partition coefficient (Wildman–Crippen LogP) is 2.17. The maximum absolute atomic E-state index is 11.6. The van der Waals surface area contributed by atoms with Gasteiger partial charge in [0.15, 0.2) is 0 Å². The number of nitrogens with zero attached hydrogens (tertiary/aromatic N) is 3. The quantitative estimate of drug-likeness (QED) is 0.825. The van der Waals surface area contributed by atoms with E-state index in [1.807, 2.05) is 12.1 Å². The van der Waals surface area contributed by atoms with E-state index in [4.69, 9.17) is 4.74 Å². The topological polar surface area (TPSA) is 69.0 Å². The van der Waals surface area contributed by atoms with Gasteiger partial charge in [-0.05, 0) is 24.1 Å². The molecule has 112 valence electrons. The number of carbonyl (C=O) groups excluding carboxylic acids is 1. The van der Waals surface area contributed by atoms with Gasteiger partial charge < -0.3 is 10.1 Å². The first-order chi connectivity index (χ1) is 10.1. The Bertz CT molecular complexity index is 622. The summed E-state index contributed by atoms with van der Waals surface area (Å²) < 4.78 is 4.76. The number of nitrogens with one attached hydrogen (secondary N) is 1. The summed E-state index contributed by atoms with van der Waals surface area (Å²) in [6.45, 7) is 2.69. The van der Waals surface area contributed by atoms with Crippen molar-refractivity contribution in [2.24, 2.45) is 7.05 Å². The van der Waals surface area contributed by atoms with E-state index in [0.29, 0.717) is 12.1 Å². The fourth-order valence-corrected chi connectivity index (χ4v) is 2.13. The van der Waals surface area contributed by atoms with E-state index in [0.717, 1.165) is 24.2 Å². The minimum atomic E-state index is -0.333. The molecule has 0 saturated carbocycles. The Kier molecular flexibility index (Phi) is 4.92. The smallest absolute Gasteiger partial charge is 0.337 e. The molecule has 1 aromatic carbocycles. The molecule has 2 rings (SSSR count). The molecule has 6 nitrogen and oxygen atoms in total. The van der Waals surface area contributed by atoms with Gasteiger partial charge in [0, 0.05) is 12.7 Å². The number of ether oxygens (including phenoxy) is 1. The van der Waals surface area contributed by atoms with Crippen molar-refractivity contribution in [3.8, 4) is 0 Å². The Morgan fingerprint density at radius 1 is 1.43 bits per heavy atom. The van der Waals surface area contributed by atoms with Crippen molar-refractivity contribution < 1.29 is 9.53 Å². The van der Waals surface area contributed by atoms with Crippen LogP contribution in [0.5, 0.6) is 0 Å². The number of hydrogen-bond donors (Lipinski definition) is 1. The molecule has 0 atom stereocenters. The van der Waals surface area contributed by atoms with Gasteiger partial charge in [0.1, 0.15) is 5.69 Å². The van der Waals surface area contributed by atoms with Crippen molar-refractivity contribution in [3.05, 3.63) is 41.2 Å². The molecule has 2 aromatic rings. The van der Waals surface area contributed by atoms with Gasteiger partial charge >= 0.3 is 5.97 Å². The molecule has 21 heavy (non-hydrogen) atoms. The molecule has 0 radical (unpaired) electrons. The zero-order chi connectivity index (χ0) is 15.2. The number of benzene rings is 1. The average Bonchev–Trinajstić information content (AvgIpc) is 2.91. The molecule has 0 unspecified atom stereocenters. The Morgan fingerprint density at radius 2 is 2.24 bits per heavy atom. The van der Waals surface area contributed by atoms with Gasteiger partial charge in [-0.1, -0.05) is 19.4 Å². The lowest BCUT2D eigenvalue weighted by Gasteiger charge is -2.12. The van der Waals surface area contributed by atoms with Gasteiger partial charge in [-0.3, -0.25) is 0 Å². The Balaban J connectivity index is 2.19. The third kappa shape index (κ3) is 3.81. The first-order valence-corrected chi connectivity index (χ1v) is 6.94. The second kappa shape index (κ2) is 6.88. The largest absolute Gasteiger partial charge is 0.465 e. The van der Waals surface area contributed by atoms with Gasteiger partial charge in [-0.25, -0.2) is 4.79 Å². The highest BCUT2D eigenvalue weighted by Crippen LogP contribution is 2.20. The fourth-order valence-electron chi connectivity index (χ4n) is 2.13. The van der Waals surface area contributed by atoms with Crippen molar-refractivity contribution in [1.29, 1.82) is 0 Å². The first-order valence-electron chi connectivity index (χ1n) is 6.94. The lowest BCUT2D eigenvalue weighted by atomic mass is 10.0. The Morgan fingerprint density at radius 3 is 2.86 bits per heavy atom. The molecule has 0 fully saturated rings. The second-order valence-corrected chi connectivity index (χ2v) is 4.79. The van der Waals surface area contributed by atoms with E-state index in [1.54, 1.807) is 19.3 Å². The van der Waals surface area contributed by atoms with Crippen molar-refractivity contribution in [3.63, 3.8) is 0 Å². The maximum Gasteiger partial charge on any atom is 0.337 e. The third-order valence-electron chi connectivity index (χ3n) is 3.16. The molecule has 0 amide bonds. The summed E-state index contributed by atoms with van der Waals surface area (Å²) in [5.74, 6) is -0.333. The molecule has 1 N–H and O–H groups in total. The van der Waals surface area contributed by atoms with Gasteiger partial charge in [-0.2, -0.15) is 15.0 Å². The fraction of sp³-hybridized carbons (Fsp3) is 0.400. The second-order valence-electron chi connectivity index (χ2n) is 4.79. The van der Waals surface area contributed by atoms with Crippen LogP contribution in [0, 0.1) is 0 Å². The minimum absolute atomic E-state index is 0.333. The SMILES string of the molecule is CCCc1ccc(C(=O)OC)cc1NCc1cnn(C)n1. The van der Waals surface area contributed by atoms with Crippen molar-refractivity contribution >= 4 is 11.7 Å². The molecule has 0 aliphatic carbocycles. The van der Waals surface area contributed by atoms with Gasteiger partial charge in [0.05, 0.1) is 25.4 Å². The van der Waals surface area contributed by atoms with Crippen LogP contribution in [0.2, 0.25) is 0 Å². The van der Waals surface area contributed by atoms with Crippen LogP contribution < -0.4 is 5.32 Å². The van der Waals surface area contributed by atoms with Crippen LogP contribution >= 0.6 is 0 Å². The molecular formula is C15H20N4O2. The lowest BCUT2D eigenvalue weighted by molar-refractivity contribution is 0.0601. The molecule has 1 aromatic heterocycles. The molecule has 0 aliphatic heterocycles. The molecule has 0 bridgehead atoms. The van der Waals surface area contributed by atoms with E-state index < -0.39 is 0 Å².